The van der Waals surface area contributed by atoms with E-state index in [-0.39, 0.29) is 17.5 Å². The molecule has 1 unspecified atom stereocenters. The number of benzene rings is 1. The maximum absolute atomic E-state index is 12.3. The van der Waals surface area contributed by atoms with Gasteiger partial charge < -0.3 is 10.1 Å². The highest BCUT2D eigenvalue weighted by Gasteiger charge is 2.32. The molecule has 1 heterocycles. The average molecular weight is 285 g/mol. The summed E-state index contributed by atoms with van der Waals surface area (Å²) in [4.78, 5) is 0. The van der Waals surface area contributed by atoms with Crippen molar-refractivity contribution >= 4 is 5.69 Å². The first-order valence-electron chi connectivity index (χ1n) is 5.95. The molecule has 2 aromatic rings. The van der Waals surface area contributed by atoms with E-state index in [1.54, 1.807) is 30.2 Å². The quantitative estimate of drug-likeness (QED) is 0.934. The molecule has 20 heavy (non-hydrogen) atoms. The van der Waals surface area contributed by atoms with Crippen molar-refractivity contribution in [2.24, 2.45) is 7.05 Å². The lowest BCUT2D eigenvalue weighted by atomic mass is 10.1. The molecule has 0 radical (unpaired) electrons. The van der Waals surface area contributed by atoms with Gasteiger partial charge in [0.05, 0.1) is 17.9 Å². The van der Waals surface area contributed by atoms with Crippen LogP contribution in [0.15, 0.2) is 36.7 Å². The third-order valence-electron chi connectivity index (χ3n) is 2.71. The van der Waals surface area contributed by atoms with Crippen molar-refractivity contribution in [1.82, 2.24) is 9.78 Å². The number of hydrogen-bond donors (Lipinski definition) is 1. The van der Waals surface area contributed by atoms with Gasteiger partial charge in [0.15, 0.2) is 5.75 Å². The van der Waals surface area contributed by atoms with Crippen LogP contribution in [-0.2, 0) is 7.05 Å². The number of halogens is 3. The van der Waals surface area contributed by atoms with Crippen molar-refractivity contribution in [3.8, 4) is 5.75 Å². The van der Waals surface area contributed by atoms with E-state index in [9.17, 15) is 13.2 Å². The van der Waals surface area contributed by atoms with E-state index in [0.717, 1.165) is 5.56 Å². The molecule has 1 aromatic carbocycles. The summed E-state index contributed by atoms with van der Waals surface area (Å²) in [5, 5.41) is 7.01. The van der Waals surface area contributed by atoms with E-state index in [2.05, 4.69) is 15.2 Å². The van der Waals surface area contributed by atoms with Crippen LogP contribution in [0.25, 0.3) is 0 Å². The van der Waals surface area contributed by atoms with Gasteiger partial charge in [-0.05, 0) is 19.1 Å². The Labute approximate surface area is 114 Å². The van der Waals surface area contributed by atoms with Crippen LogP contribution in [0.2, 0.25) is 0 Å². The van der Waals surface area contributed by atoms with Crippen LogP contribution in [0.5, 0.6) is 5.75 Å². The first kappa shape index (κ1) is 14.2. The van der Waals surface area contributed by atoms with Crippen molar-refractivity contribution in [3.63, 3.8) is 0 Å². The SMILES string of the molecule is CC(Nc1ccccc1OC(F)(F)F)c1cnn(C)c1. The molecular weight excluding hydrogens is 271 g/mol. The Bertz CT molecular complexity index is 580. The van der Waals surface area contributed by atoms with E-state index >= 15 is 0 Å². The van der Waals surface area contributed by atoms with Crippen LogP contribution in [-0.4, -0.2) is 16.1 Å². The average Bonchev–Trinajstić information content (AvgIpc) is 2.77. The predicted molar refractivity (Wildman–Crippen MR) is 68.4 cm³/mol. The summed E-state index contributed by atoms with van der Waals surface area (Å²) in [5.41, 5.74) is 1.15. The molecule has 1 aromatic heterocycles. The van der Waals surface area contributed by atoms with Gasteiger partial charge in [0.2, 0.25) is 0 Å². The molecule has 0 amide bonds. The van der Waals surface area contributed by atoms with Crippen molar-refractivity contribution < 1.29 is 17.9 Å². The van der Waals surface area contributed by atoms with Gasteiger partial charge in [-0.3, -0.25) is 4.68 Å². The third kappa shape index (κ3) is 3.66. The lowest BCUT2D eigenvalue weighted by Crippen LogP contribution is -2.18. The maximum Gasteiger partial charge on any atom is 0.573 e. The van der Waals surface area contributed by atoms with Crippen LogP contribution >= 0.6 is 0 Å². The summed E-state index contributed by atoms with van der Waals surface area (Å²) in [6.07, 6.45) is -1.26. The monoisotopic (exact) mass is 285 g/mol. The van der Waals surface area contributed by atoms with Crippen molar-refractivity contribution in [2.75, 3.05) is 5.32 Å². The Kier molecular flexibility index (Phi) is 3.87. The molecule has 0 saturated carbocycles. The number of nitrogens with zero attached hydrogens (tertiary/aromatic N) is 2. The summed E-state index contributed by atoms with van der Waals surface area (Å²) in [6, 6.07) is 5.74. The number of alkyl halides is 3. The summed E-state index contributed by atoms with van der Waals surface area (Å²) in [7, 11) is 1.77. The molecule has 0 fully saturated rings. The Morgan fingerprint density at radius 2 is 2.00 bits per heavy atom. The zero-order chi connectivity index (χ0) is 14.8. The van der Waals surface area contributed by atoms with Crippen molar-refractivity contribution in [1.29, 1.82) is 0 Å². The molecule has 108 valence electrons. The Balaban J connectivity index is 2.17. The number of anilines is 1. The second-order valence-corrected chi connectivity index (χ2v) is 4.36. The maximum atomic E-state index is 12.3. The lowest BCUT2D eigenvalue weighted by molar-refractivity contribution is -0.274. The van der Waals surface area contributed by atoms with Gasteiger partial charge in [0.25, 0.3) is 0 Å². The van der Waals surface area contributed by atoms with Crippen molar-refractivity contribution in [2.45, 2.75) is 19.3 Å². The number of rotatable bonds is 4. The molecule has 0 aliphatic rings. The topological polar surface area (TPSA) is 39.1 Å². The van der Waals surface area contributed by atoms with E-state index in [0.29, 0.717) is 0 Å². The zero-order valence-corrected chi connectivity index (χ0v) is 11.0. The standard InChI is InChI=1S/C13H14F3N3O/c1-9(10-7-17-19(2)8-10)18-11-5-3-4-6-12(11)20-13(14,15)16/h3-9,18H,1-2H3. The van der Waals surface area contributed by atoms with Crippen LogP contribution < -0.4 is 10.1 Å². The molecule has 0 bridgehead atoms. The first-order valence-corrected chi connectivity index (χ1v) is 5.95. The van der Waals surface area contributed by atoms with Gasteiger partial charge in [0, 0.05) is 18.8 Å². The second-order valence-electron chi connectivity index (χ2n) is 4.36. The number of hydrogen-bond acceptors (Lipinski definition) is 3. The van der Waals surface area contributed by atoms with E-state index in [4.69, 9.17) is 0 Å². The highest BCUT2D eigenvalue weighted by atomic mass is 19.4. The Morgan fingerprint density at radius 1 is 1.30 bits per heavy atom. The first-order chi connectivity index (χ1) is 9.35. The normalized spacial score (nSPS) is 13.1. The minimum atomic E-state index is -4.71. The van der Waals surface area contributed by atoms with E-state index in [1.807, 2.05) is 6.92 Å². The van der Waals surface area contributed by atoms with Gasteiger partial charge in [-0.15, -0.1) is 13.2 Å². The molecule has 1 atom stereocenters. The van der Waals surface area contributed by atoms with Crippen LogP contribution in [0.1, 0.15) is 18.5 Å². The van der Waals surface area contributed by atoms with Gasteiger partial charge in [-0.1, -0.05) is 12.1 Å². The largest absolute Gasteiger partial charge is 0.573 e. The number of para-hydroxylation sites is 2. The van der Waals surface area contributed by atoms with Gasteiger partial charge in [-0.2, -0.15) is 5.10 Å². The molecule has 0 spiro atoms. The summed E-state index contributed by atoms with van der Waals surface area (Å²) >= 11 is 0. The number of aromatic nitrogens is 2. The third-order valence-corrected chi connectivity index (χ3v) is 2.71. The highest BCUT2D eigenvalue weighted by Crippen LogP contribution is 2.32. The molecule has 1 N–H and O–H groups in total. The van der Waals surface area contributed by atoms with Crippen molar-refractivity contribution in [3.05, 3.63) is 42.2 Å². The highest BCUT2D eigenvalue weighted by molar-refractivity contribution is 5.57. The van der Waals surface area contributed by atoms with Gasteiger partial charge in [0.1, 0.15) is 0 Å². The second kappa shape index (κ2) is 5.44. The molecule has 0 aliphatic carbocycles. The van der Waals surface area contributed by atoms with Gasteiger partial charge >= 0.3 is 6.36 Å². The van der Waals surface area contributed by atoms with Crippen LogP contribution in [0.4, 0.5) is 18.9 Å². The van der Waals surface area contributed by atoms with E-state index < -0.39 is 6.36 Å². The molecular formula is C13H14F3N3O. The van der Waals surface area contributed by atoms with Crippen LogP contribution in [0.3, 0.4) is 0 Å². The number of aryl methyl sites for hydroxylation is 1. The number of ether oxygens (including phenoxy) is 1. The lowest BCUT2D eigenvalue weighted by Gasteiger charge is -2.18. The molecule has 0 saturated heterocycles. The Hall–Kier alpha value is -2.18. The summed E-state index contributed by atoms with van der Waals surface area (Å²) in [6.45, 7) is 1.83. The Morgan fingerprint density at radius 3 is 2.60 bits per heavy atom. The minimum absolute atomic E-state index is 0.193. The minimum Gasteiger partial charge on any atom is -0.404 e. The van der Waals surface area contributed by atoms with E-state index in [1.165, 1.54) is 18.2 Å². The van der Waals surface area contributed by atoms with Crippen LogP contribution in [0, 0.1) is 0 Å². The smallest absolute Gasteiger partial charge is 0.404 e. The summed E-state index contributed by atoms with van der Waals surface area (Å²) in [5.74, 6) is -0.254. The van der Waals surface area contributed by atoms with Gasteiger partial charge in [-0.25, -0.2) is 0 Å². The molecule has 0 aliphatic heterocycles. The number of nitrogens with one attached hydrogen (secondary N) is 1. The fourth-order valence-corrected chi connectivity index (χ4v) is 1.78. The fraction of sp³-hybridized carbons (Fsp3) is 0.308. The molecule has 7 heteroatoms. The summed E-state index contributed by atoms with van der Waals surface area (Å²) < 4.78 is 42.6. The molecule has 2 rings (SSSR count). The molecule has 4 nitrogen and oxygen atoms in total. The fourth-order valence-electron chi connectivity index (χ4n) is 1.78. The predicted octanol–water partition coefficient (Wildman–Crippen LogP) is 3.49. The zero-order valence-electron chi connectivity index (χ0n) is 11.0.